The molecule has 140 valence electrons. The second-order valence-electron chi connectivity index (χ2n) is 6.43. The summed E-state index contributed by atoms with van der Waals surface area (Å²) in [5.41, 5.74) is 3.75. The number of aromatic nitrogens is 3. The lowest BCUT2D eigenvalue weighted by atomic mass is 10.0. The molecule has 2 N–H and O–H groups in total. The van der Waals surface area contributed by atoms with Crippen molar-refractivity contribution in [1.29, 1.82) is 0 Å². The number of para-hydroxylation sites is 1. The first kappa shape index (κ1) is 18.8. The smallest absolute Gasteiger partial charge is 0.274 e. The van der Waals surface area contributed by atoms with Crippen LogP contribution < -0.4 is 16.5 Å². The Labute approximate surface area is 159 Å². The van der Waals surface area contributed by atoms with Crippen LogP contribution in [0.15, 0.2) is 53.3 Å². The molecular weight excluding hydrogens is 338 g/mol. The Morgan fingerprint density at radius 3 is 2.15 bits per heavy atom. The van der Waals surface area contributed by atoms with Crippen molar-refractivity contribution in [3.8, 4) is 5.69 Å². The minimum atomic E-state index is -0.364. The molecule has 6 nitrogen and oxygen atoms in total. The van der Waals surface area contributed by atoms with Crippen LogP contribution in [-0.2, 0) is 19.4 Å². The topological polar surface area (TPSA) is 77.0 Å². The minimum absolute atomic E-state index is 0.227. The SMILES string of the molecule is CCc1cccc(CC)c1-n1c(C)nc(N(N)Cc2ccccc2)nc1=O. The van der Waals surface area contributed by atoms with E-state index in [0.717, 1.165) is 35.2 Å². The first-order chi connectivity index (χ1) is 13.0. The van der Waals surface area contributed by atoms with Crippen molar-refractivity contribution in [2.75, 3.05) is 5.01 Å². The molecule has 1 heterocycles. The molecule has 0 bridgehead atoms. The van der Waals surface area contributed by atoms with E-state index in [1.54, 1.807) is 4.57 Å². The molecule has 0 unspecified atom stereocenters. The summed E-state index contributed by atoms with van der Waals surface area (Å²) in [5, 5.41) is 1.40. The van der Waals surface area contributed by atoms with Gasteiger partial charge in [0.25, 0.3) is 0 Å². The molecule has 0 saturated heterocycles. The molecule has 3 aromatic rings. The molecule has 0 spiro atoms. The molecule has 1 aromatic heterocycles. The van der Waals surface area contributed by atoms with E-state index in [-0.39, 0.29) is 11.6 Å². The lowest BCUT2D eigenvalue weighted by molar-refractivity contribution is 0.736. The molecular formula is C21H25N5O. The van der Waals surface area contributed by atoms with Gasteiger partial charge in [-0.05, 0) is 36.5 Å². The average Bonchev–Trinajstić information content (AvgIpc) is 2.68. The number of hydrogen-bond acceptors (Lipinski definition) is 5. The Kier molecular flexibility index (Phi) is 5.66. The van der Waals surface area contributed by atoms with Crippen molar-refractivity contribution in [2.24, 2.45) is 5.84 Å². The standard InChI is InChI=1S/C21H25N5O/c1-4-17-12-9-13-18(5-2)19(17)26-15(3)23-20(24-21(26)27)25(22)14-16-10-7-6-8-11-16/h6-13H,4-5,14,22H2,1-3H3. The van der Waals surface area contributed by atoms with Gasteiger partial charge < -0.3 is 0 Å². The second-order valence-corrected chi connectivity index (χ2v) is 6.43. The van der Waals surface area contributed by atoms with Gasteiger partial charge in [0.2, 0.25) is 5.95 Å². The van der Waals surface area contributed by atoms with Gasteiger partial charge in [-0.3, -0.25) is 5.01 Å². The molecule has 0 radical (unpaired) electrons. The van der Waals surface area contributed by atoms with Gasteiger partial charge in [0.1, 0.15) is 5.82 Å². The number of hydrazine groups is 1. The molecule has 0 amide bonds. The average molecular weight is 363 g/mol. The van der Waals surface area contributed by atoms with Crippen LogP contribution >= 0.6 is 0 Å². The number of anilines is 1. The molecule has 27 heavy (non-hydrogen) atoms. The Morgan fingerprint density at radius 2 is 1.59 bits per heavy atom. The summed E-state index contributed by atoms with van der Waals surface area (Å²) in [6.45, 7) is 6.40. The van der Waals surface area contributed by atoms with Crippen LogP contribution in [0, 0.1) is 6.92 Å². The fourth-order valence-corrected chi connectivity index (χ4v) is 3.23. The maximum absolute atomic E-state index is 12.9. The highest BCUT2D eigenvalue weighted by atomic mass is 16.1. The van der Waals surface area contributed by atoms with Crippen molar-refractivity contribution in [2.45, 2.75) is 40.2 Å². The van der Waals surface area contributed by atoms with E-state index in [2.05, 4.69) is 23.8 Å². The van der Waals surface area contributed by atoms with Crippen LogP contribution in [0.25, 0.3) is 5.69 Å². The van der Waals surface area contributed by atoms with E-state index in [9.17, 15) is 4.79 Å². The number of benzene rings is 2. The van der Waals surface area contributed by atoms with E-state index < -0.39 is 0 Å². The molecule has 2 aromatic carbocycles. The van der Waals surface area contributed by atoms with E-state index in [0.29, 0.717) is 12.4 Å². The number of hydrogen-bond donors (Lipinski definition) is 1. The largest absolute Gasteiger partial charge is 0.356 e. The highest BCUT2D eigenvalue weighted by Crippen LogP contribution is 2.21. The predicted octanol–water partition coefficient (Wildman–Crippen LogP) is 2.94. The van der Waals surface area contributed by atoms with E-state index in [1.807, 2.05) is 55.5 Å². The Hall–Kier alpha value is -2.99. The number of aryl methyl sites for hydroxylation is 3. The summed E-state index contributed by atoms with van der Waals surface area (Å²) in [7, 11) is 0. The van der Waals surface area contributed by atoms with Crippen LogP contribution in [0.2, 0.25) is 0 Å². The Morgan fingerprint density at radius 1 is 0.963 bits per heavy atom. The van der Waals surface area contributed by atoms with Gasteiger partial charge in [-0.1, -0.05) is 62.4 Å². The van der Waals surface area contributed by atoms with Crippen LogP contribution in [-0.4, -0.2) is 14.5 Å². The first-order valence-electron chi connectivity index (χ1n) is 9.20. The summed E-state index contributed by atoms with van der Waals surface area (Å²) >= 11 is 0. The monoisotopic (exact) mass is 363 g/mol. The van der Waals surface area contributed by atoms with Crippen molar-refractivity contribution in [3.63, 3.8) is 0 Å². The molecule has 0 fully saturated rings. The van der Waals surface area contributed by atoms with Gasteiger partial charge in [-0.25, -0.2) is 15.2 Å². The number of nitrogens with zero attached hydrogens (tertiary/aromatic N) is 4. The van der Waals surface area contributed by atoms with Crippen LogP contribution in [0.4, 0.5) is 5.95 Å². The van der Waals surface area contributed by atoms with E-state index in [4.69, 9.17) is 5.84 Å². The minimum Gasteiger partial charge on any atom is -0.274 e. The van der Waals surface area contributed by atoms with Crippen molar-refractivity contribution < 1.29 is 0 Å². The van der Waals surface area contributed by atoms with Crippen molar-refractivity contribution in [1.82, 2.24) is 14.5 Å². The van der Waals surface area contributed by atoms with Crippen molar-refractivity contribution in [3.05, 3.63) is 81.5 Å². The fraction of sp³-hybridized carbons (Fsp3) is 0.286. The summed E-state index contributed by atoms with van der Waals surface area (Å²) in [6.07, 6.45) is 1.65. The first-order valence-corrected chi connectivity index (χ1v) is 9.20. The van der Waals surface area contributed by atoms with E-state index in [1.165, 1.54) is 5.01 Å². The molecule has 3 rings (SSSR count). The summed E-state index contributed by atoms with van der Waals surface area (Å²) in [5.74, 6) is 6.93. The van der Waals surface area contributed by atoms with Crippen LogP contribution in [0.1, 0.15) is 36.4 Å². The summed E-state index contributed by atoms with van der Waals surface area (Å²) in [6, 6.07) is 15.9. The van der Waals surface area contributed by atoms with Gasteiger partial charge in [0, 0.05) is 0 Å². The lowest BCUT2D eigenvalue weighted by Crippen LogP contribution is -2.36. The molecule has 0 atom stereocenters. The molecule has 0 aliphatic rings. The number of rotatable bonds is 6. The highest BCUT2D eigenvalue weighted by Gasteiger charge is 2.16. The van der Waals surface area contributed by atoms with E-state index >= 15 is 0 Å². The third-order valence-corrected chi connectivity index (χ3v) is 4.61. The summed E-state index contributed by atoms with van der Waals surface area (Å²) < 4.78 is 1.59. The number of nitrogens with two attached hydrogens (primary N) is 1. The zero-order valence-corrected chi connectivity index (χ0v) is 16.0. The fourth-order valence-electron chi connectivity index (χ4n) is 3.23. The highest BCUT2D eigenvalue weighted by molar-refractivity contribution is 5.49. The van der Waals surface area contributed by atoms with Gasteiger partial charge in [-0.2, -0.15) is 9.97 Å². The Bertz CT molecular complexity index is 959. The van der Waals surface area contributed by atoms with Crippen LogP contribution in [0.5, 0.6) is 0 Å². The molecule has 0 aliphatic heterocycles. The van der Waals surface area contributed by atoms with Gasteiger partial charge >= 0.3 is 5.69 Å². The maximum atomic E-state index is 12.9. The Balaban J connectivity index is 2.03. The van der Waals surface area contributed by atoms with Crippen molar-refractivity contribution >= 4 is 5.95 Å². The normalized spacial score (nSPS) is 10.8. The molecule has 0 aliphatic carbocycles. The quantitative estimate of drug-likeness (QED) is 0.538. The van der Waals surface area contributed by atoms with Gasteiger partial charge in [0.05, 0.1) is 12.2 Å². The van der Waals surface area contributed by atoms with Gasteiger partial charge in [0.15, 0.2) is 0 Å². The third kappa shape index (κ3) is 3.90. The lowest BCUT2D eigenvalue weighted by Gasteiger charge is -2.20. The third-order valence-electron chi connectivity index (χ3n) is 4.61. The second kappa shape index (κ2) is 8.14. The van der Waals surface area contributed by atoms with Gasteiger partial charge in [-0.15, -0.1) is 0 Å². The zero-order chi connectivity index (χ0) is 19.4. The van der Waals surface area contributed by atoms with Crippen LogP contribution in [0.3, 0.4) is 0 Å². The predicted molar refractivity (Wildman–Crippen MR) is 108 cm³/mol. The zero-order valence-electron chi connectivity index (χ0n) is 16.0. The maximum Gasteiger partial charge on any atom is 0.356 e. The molecule has 0 saturated carbocycles. The summed E-state index contributed by atoms with van der Waals surface area (Å²) in [4.78, 5) is 21.5. The molecule has 6 heteroatoms.